The van der Waals surface area contributed by atoms with Crippen molar-refractivity contribution in [3.8, 4) is 11.5 Å². The third-order valence-corrected chi connectivity index (χ3v) is 6.33. The van der Waals surface area contributed by atoms with Crippen LogP contribution in [0.4, 0.5) is 5.69 Å². The molecule has 2 aromatic carbocycles. The first-order valence-corrected chi connectivity index (χ1v) is 11.6. The number of benzene rings is 2. The Morgan fingerprint density at radius 3 is 2.68 bits per heavy atom. The third-order valence-electron chi connectivity index (χ3n) is 4.33. The Hall–Kier alpha value is -1.86. The molecule has 31 heavy (non-hydrogen) atoms. The number of hydrogen-bond donors (Lipinski definition) is 1. The molecule has 164 valence electrons. The Kier molecular flexibility index (Phi) is 8.17. The molecule has 0 saturated carbocycles. The van der Waals surface area contributed by atoms with Gasteiger partial charge in [0.25, 0.3) is 5.91 Å². The number of thioether (sulfide) groups is 1. The molecule has 9 heteroatoms. The summed E-state index contributed by atoms with van der Waals surface area (Å²) < 4.78 is 11.6. The van der Waals surface area contributed by atoms with Crippen LogP contribution in [0.5, 0.6) is 11.5 Å². The number of ether oxygens (including phenoxy) is 2. The van der Waals surface area contributed by atoms with Gasteiger partial charge in [-0.15, -0.1) is 0 Å². The second-order valence-corrected chi connectivity index (χ2v) is 8.88. The van der Waals surface area contributed by atoms with Crippen LogP contribution in [0.15, 0.2) is 40.2 Å². The maximum absolute atomic E-state index is 12.4. The fourth-order valence-electron chi connectivity index (χ4n) is 2.65. The van der Waals surface area contributed by atoms with E-state index in [-0.39, 0.29) is 12.0 Å². The summed E-state index contributed by atoms with van der Waals surface area (Å²) in [5.74, 6) is 0.766. The Morgan fingerprint density at radius 1 is 1.19 bits per heavy atom. The van der Waals surface area contributed by atoms with Crippen molar-refractivity contribution in [2.24, 2.45) is 4.99 Å². The van der Waals surface area contributed by atoms with Crippen molar-refractivity contribution in [1.29, 1.82) is 0 Å². The van der Waals surface area contributed by atoms with Gasteiger partial charge in [0, 0.05) is 0 Å². The molecule has 0 aliphatic carbocycles. The molecule has 0 bridgehead atoms. The minimum absolute atomic E-state index is 0.00541. The van der Waals surface area contributed by atoms with E-state index in [1.807, 2.05) is 20.8 Å². The van der Waals surface area contributed by atoms with Crippen molar-refractivity contribution in [2.45, 2.75) is 33.3 Å². The van der Waals surface area contributed by atoms with Gasteiger partial charge < -0.3 is 14.8 Å². The second kappa shape index (κ2) is 10.6. The SMILES string of the molecule is CCOc1cc(/C=C2/SC(=Nc3cccc(Cl)c3Cl)NC2=O)cc(Cl)c1O[C@@H](C)CC. The summed E-state index contributed by atoms with van der Waals surface area (Å²) in [5, 5.41) is 4.28. The highest BCUT2D eigenvalue weighted by Crippen LogP contribution is 2.39. The number of hydrogen-bond acceptors (Lipinski definition) is 5. The molecule has 2 aromatic rings. The standard InChI is InChI=1S/C22H21Cl3N2O3S/c1-4-12(3)30-20-15(24)9-13(10-17(20)29-5-2)11-18-21(28)27-22(31-18)26-16-8-6-7-14(23)19(16)25/h6-12H,4-5H2,1-3H3,(H,26,27,28)/b18-11+/t12-/m0/s1. The van der Waals surface area contributed by atoms with Crippen LogP contribution >= 0.6 is 46.6 Å². The van der Waals surface area contributed by atoms with Gasteiger partial charge in [-0.25, -0.2) is 4.99 Å². The van der Waals surface area contributed by atoms with Crippen molar-refractivity contribution >= 4 is 69.4 Å². The lowest BCUT2D eigenvalue weighted by atomic mass is 10.1. The molecule has 1 fully saturated rings. The van der Waals surface area contributed by atoms with Crippen LogP contribution in [0, 0.1) is 0 Å². The maximum Gasteiger partial charge on any atom is 0.264 e. The largest absolute Gasteiger partial charge is 0.490 e. The highest BCUT2D eigenvalue weighted by molar-refractivity contribution is 8.18. The summed E-state index contributed by atoms with van der Waals surface area (Å²) in [6, 6.07) is 8.68. The normalized spacial score (nSPS) is 17.2. The number of nitrogens with zero attached hydrogens (tertiary/aromatic N) is 1. The van der Waals surface area contributed by atoms with E-state index >= 15 is 0 Å². The van der Waals surface area contributed by atoms with Crippen molar-refractivity contribution in [3.63, 3.8) is 0 Å². The zero-order valence-electron chi connectivity index (χ0n) is 17.2. The molecule has 0 aromatic heterocycles. The average Bonchev–Trinajstić information content (AvgIpc) is 3.07. The molecule has 0 spiro atoms. The van der Waals surface area contributed by atoms with Gasteiger partial charge in [-0.05, 0) is 67.9 Å². The number of rotatable bonds is 7. The highest BCUT2D eigenvalue weighted by Gasteiger charge is 2.25. The molecule has 1 heterocycles. The molecule has 1 aliphatic rings. The van der Waals surface area contributed by atoms with Gasteiger partial charge in [0.2, 0.25) is 0 Å². The third kappa shape index (κ3) is 5.89. The first kappa shape index (κ1) is 23.8. The summed E-state index contributed by atoms with van der Waals surface area (Å²) in [5.41, 5.74) is 1.19. The van der Waals surface area contributed by atoms with Gasteiger partial charge in [-0.2, -0.15) is 0 Å². The first-order valence-electron chi connectivity index (χ1n) is 9.69. The Balaban J connectivity index is 1.89. The Morgan fingerprint density at radius 2 is 1.97 bits per heavy atom. The van der Waals surface area contributed by atoms with E-state index in [0.29, 0.717) is 54.5 Å². The number of carbonyl (C=O) groups excluding carboxylic acids is 1. The van der Waals surface area contributed by atoms with Gasteiger partial charge in [0.1, 0.15) is 0 Å². The van der Waals surface area contributed by atoms with Crippen molar-refractivity contribution in [2.75, 3.05) is 6.61 Å². The van der Waals surface area contributed by atoms with E-state index in [0.717, 1.165) is 6.42 Å². The summed E-state index contributed by atoms with van der Waals surface area (Å²) in [6.45, 7) is 6.34. The number of amides is 1. The van der Waals surface area contributed by atoms with Gasteiger partial charge in [0.15, 0.2) is 16.7 Å². The molecule has 1 saturated heterocycles. The van der Waals surface area contributed by atoms with E-state index in [4.69, 9.17) is 44.3 Å². The minimum atomic E-state index is -0.268. The predicted molar refractivity (Wildman–Crippen MR) is 130 cm³/mol. The van der Waals surface area contributed by atoms with Gasteiger partial charge in [-0.1, -0.05) is 47.8 Å². The Bertz CT molecular complexity index is 1060. The van der Waals surface area contributed by atoms with Crippen molar-refractivity contribution in [3.05, 3.63) is 55.9 Å². The van der Waals surface area contributed by atoms with Crippen LogP contribution in [0.2, 0.25) is 15.1 Å². The van der Waals surface area contributed by atoms with Crippen LogP contribution in [0.3, 0.4) is 0 Å². The van der Waals surface area contributed by atoms with Crippen LogP contribution < -0.4 is 14.8 Å². The van der Waals surface area contributed by atoms with Crippen molar-refractivity contribution in [1.82, 2.24) is 5.32 Å². The molecular formula is C22H21Cl3N2O3S. The van der Waals surface area contributed by atoms with E-state index in [1.165, 1.54) is 11.8 Å². The van der Waals surface area contributed by atoms with E-state index in [2.05, 4.69) is 10.3 Å². The highest BCUT2D eigenvalue weighted by atomic mass is 35.5. The number of nitrogens with one attached hydrogen (secondary N) is 1. The van der Waals surface area contributed by atoms with Gasteiger partial charge in [-0.3, -0.25) is 4.79 Å². The molecule has 1 atom stereocenters. The molecule has 1 aliphatic heterocycles. The molecule has 3 rings (SSSR count). The van der Waals surface area contributed by atoms with E-state index < -0.39 is 0 Å². The predicted octanol–water partition coefficient (Wildman–Crippen LogP) is 7.11. The molecule has 1 N–H and O–H groups in total. The van der Waals surface area contributed by atoms with E-state index in [1.54, 1.807) is 36.4 Å². The second-order valence-electron chi connectivity index (χ2n) is 6.65. The van der Waals surface area contributed by atoms with Gasteiger partial charge in [0.05, 0.1) is 38.4 Å². The van der Waals surface area contributed by atoms with Crippen LogP contribution in [0.1, 0.15) is 32.8 Å². The summed E-state index contributed by atoms with van der Waals surface area (Å²) in [4.78, 5) is 17.3. The fourth-order valence-corrected chi connectivity index (χ4v) is 4.09. The summed E-state index contributed by atoms with van der Waals surface area (Å²) >= 11 is 19.9. The maximum atomic E-state index is 12.4. The topological polar surface area (TPSA) is 59.9 Å². The Labute approximate surface area is 200 Å². The number of halogens is 3. The van der Waals surface area contributed by atoms with Crippen LogP contribution in [-0.4, -0.2) is 23.8 Å². The molecule has 0 unspecified atom stereocenters. The summed E-state index contributed by atoms with van der Waals surface area (Å²) in [7, 11) is 0. The van der Waals surface area contributed by atoms with E-state index in [9.17, 15) is 4.79 Å². The zero-order valence-corrected chi connectivity index (χ0v) is 20.3. The summed E-state index contributed by atoms with van der Waals surface area (Å²) in [6.07, 6.45) is 2.56. The molecular weight excluding hydrogens is 479 g/mol. The quantitative estimate of drug-likeness (QED) is 0.412. The average molecular weight is 500 g/mol. The molecule has 0 radical (unpaired) electrons. The number of carbonyl (C=O) groups is 1. The number of amidine groups is 1. The number of aliphatic imine (C=N–C) groups is 1. The lowest BCUT2D eigenvalue weighted by Gasteiger charge is -2.18. The molecule has 5 nitrogen and oxygen atoms in total. The van der Waals surface area contributed by atoms with Crippen LogP contribution in [0.25, 0.3) is 6.08 Å². The monoisotopic (exact) mass is 498 g/mol. The first-order chi connectivity index (χ1) is 14.8. The molecule has 1 amide bonds. The van der Waals surface area contributed by atoms with Crippen LogP contribution in [-0.2, 0) is 4.79 Å². The van der Waals surface area contributed by atoms with Crippen molar-refractivity contribution < 1.29 is 14.3 Å². The lowest BCUT2D eigenvalue weighted by molar-refractivity contribution is -0.115. The fraction of sp³-hybridized carbons (Fsp3) is 0.273. The zero-order chi connectivity index (χ0) is 22.5. The minimum Gasteiger partial charge on any atom is -0.490 e. The smallest absolute Gasteiger partial charge is 0.264 e. The van der Waals surface area contributed by atoms with Gasteiger partial charge >= 0.3 is 0 Å². The lowest BCUT2D eigenvalue weighted by Crippen LogP contribution is -2.19.